The Bertz CT molecular complexity index is 1260. The molecule has 3 aromatic rings. The van der Waals surface area contributed by atoms with Gasteiger partial charge in [0, 0.05) is 11.5 Å². The molecule has 0 radical (unpaired) electrons. The van der Waals surface area contributed by atoms with E-state index in [1.165, 1.54) is 23.1 Å². The molecule has 0 unspecified atom stereocenters. The number of phenols is 1. The number of carboxylic acid groups (broad SMARTS) is 1. The van der Waals surface area contributed by atoms with Gasteiger partial charge in [0.15, 0.2) is 4.32 Å². The van der Waals surface area contributed by atoms with Crippen molar-refractivity contribution >= 4 is 62.8 Å². The highest BCUT2D eigenvalue weighted by atomic mass is 32.2. The number of rotatable bonds is 4. The summed E-state index contributed by atoms with van der Waals surface area (Å²) in [7, 11) is 1.60. The molecule has 1 aliphatic rings. The molecule has 2 aromatic carbocycles. The number of benzene rings is 2. The van der Waals surface area contributed by atoms with E-state index in [4.69, 9.17) is 22.1 Å². The summed E-state index contributed by atoms with van der Waals surface area (Å²) in [6.07, 6.45) is 1.65. The van der Waals surface area contributed by atoms with Gasteiger partial charge in [-0.2, -0.15) is 0 Å². The van der Waals surface area contributed by atoms with Gasteiger partial charge < -0.3 is 14.9 Å². The highest BCUT2D eigenvalue weighted by molar-refractivity contribution is 8.27. The van der Waals surface area contributed by atoms with Crippen molar-refractivity contribution in [2.45, 2.75) is 0 Å². The van der Waals surface area contributed by atoms with Crippen molar-refractivity contribution in [2.24, 2.45) is 0 Å². The molecule has 1 saturated heterocycles. The zero-order valence-corrected chi connectivity index (χ0v) is 17.2. The molecule has 9 heteroatoms. The normalized spacial score (nSPS) is 15.2. The zero-order valence-electron chi connectivity index (χ0n) is 15.5. The molecule has 0 spiro atoms. The van der Waals surface area contributed by atoms with Crippen LogP contribution in [-0.2, 0) is 4.79 Å². The van der Waals surface area contributed by atoms with E-state index in [1.807, 2.05) is 24.3 Å². The molecular formula is C21H14N2O5S2. The molecule has 1 amide bonds. The topological polar surface area (TPSA) is 100.0 Å². The number of aromatic nitrogens is 1. The Hall–Kier alpha value is -3.43. The van der Waals surface area contributed by atoms with Crippen LogP contribution >= 0.6 is 24.0 Å². The Morgan fingerprint density at radius 3 is 2.70 bits per heavy atom. The van der Waals surface area contributed by atoms with Gasteiger partial charge in [-0.1, -0.05) is 30.0 Å². The zero-order chi connectivity index (χ0) is 21.4. The van der Waals surface area contributed by atoms with Crippen LogP contribution in [0.3, 0.4) is 0 Å². The predicted octanol–water partition coefficient (Wildman–Crippen LogP) is 4.05. The molecule has 1 aliphatic heterocycles. The van der Waals surface area contributed by atoms with Crippen LogP contribution in [-0.4, -0.2) is 38.5 Å². The molecule has 7 nitrogen and oxygen atoms in total. The first-order valence-corrected chi connectivity index (χ1v) is 9.89. The second kappa shape index (κ2) is 7.77. The van der Waals surface area contributed by atoms with Gasteiger partial charge in [-0.25, -0.2) is 9.78 Å². The van der Waals surface area contributed by atoms with E-state index in [0.717, 1.165) is 28.4 Å². The number of carboxylic acids is 1. The SMILES string of the molecule is COc1ccc2nc(/C=C3\SC(=S)N(c4ccc(C(=O)O)c(O)c4)C3=O)ccc2c1. The summed E-state index contributed by atoms with van der Waals surface area (Å²) in [4.78, 5) is 30.2. The third kappa shape index (κ3) is 3.60. The molecule has 30 heavy (non-hydrogen) atoms. The number of amides is 1. The summed E-state index contributed by atoms with van der Waals surface area (Å²) < 4.78 is 5.49. The quantitative estimate of drug-likeness (QED) is 0.465. The van der Waals surface area contributed by atoms with E-state index in [9.17, 15) is 14.7 Å². The summed E-state index contributed by atoms with van der Waals surface area (Å²) in [5.74, 6) is -1.34. The van der Waals surface area contributed by atoms with Gasteiger partial charge in [-0.05, 0) is 42.5 Å². The standard InChI is InChI=1S/C21H14N2O5S2/c1-28-14-5-7-16-11(8-14)2-3-12(22-16)9-18-19(25)23(21(29)30-18)13-4-6-15(20(26)27)17(24)10-13/h2-10,24H,1H3,(H,26,27)/b18-9-. The van der Waals surface area contributed by atoms with Crippen LogP contribution in [0.5, 0.6) is 11.5 Å². The number of nitrogens with zero attached hydrogens (tertiary/aromatic N) is 2. The smallest absolute Gasteiger partial charge is 0.339 e. The number of carbonyl (C=O) groups is 2. The lowest BCUT2D eigenvalue weighted by molar-refractivity contribution is -0.113. The van der Waals surface area contributed by atoms with Crippen LogP contribution < -0.4 is 9.64 Å². The lowest BCUT2D eigenvalue weighted by Crippen LogP contribution is -2.27. The van der Waals surface area contributed by atoms with E-state index < -0.39 is 11.7 Å². The van der Waals surface area contributed by atoms with Crippen LogP contribution in [0.1, 0.15) is 16.1 Å². The molecule has 0 atom stereocenters. The van der Waals surface area contributed by atoms with Crippen LogP contribution in [0.2, 0.25) is 0 Å². The highest BCUT2D eigenvalue weighted by Crippen LogP contribution is 2.37. The molecule has 1 aromatic heterocycles. The molecule has 0 bridgehead atoms. The van der Waals surface area contributed by atoms with Crippen LogP contribution in [0, 0.1) is 0 Å². The minimum Gasteiger partial charge on any atom is -0.507 e. The summed E-state index contributed by atoms with van der Waals surface area (Å²) in [6, 6.07) is 13.1. The van der Waals surface area contributed by atoms with Crippen molar-refractivity contribution in [2.75, 3.05) is 12.0 Å². The maximum Gasteiger partial charge on any atom is 0.339 e. The maximum absolute atomic E-state index is 12.9. The monoisotopic (exact) mass is 438 g/mol. The largest absolute Gasteiger partial charge is 0.507 e. The van der Waals surface area contributed by atoms with E-state index in [1.54, 1.807) is 19.3 Å². The molecule has 150 valence electrons. The number of carbonyl (C=O) groups excluding carboxylic acids is 1. The van der Waals surface area contributed by atoms with Crippen molar-refractivity contribution in [1.29, 1.82) is 0 Å². The van der Waals surface area contributed by atoms with Gasteiger partial charge in [0.25, 0.3) is 5.91 Å². The summed E-state index contributed by atoms with van der Waals surface area (Å²) in [6.45, 7) is 0. The number of methoxy groups -OCH3 is 1. The van der Waals surface area contributed by atoms with Gasteiger partial charge in [0.1, 0.15) is 17.1 Å². The number of aromatic hydroxyl groups is 1. The summed E-state index contributed by atoms with van der Waals surface area (Å²) >= 11 is 6.43. The first-order valence-electron chi connectivity index (χ1n) is 8.66. The number of fused-ring (bicyclic) bond motifs is 1. The third-order valence-corrected chi connectivity index (χ3v) is 5.76. The second-order valence-corrected chi connectivity index (χ2v) is 7.99. The lowest BCUT2D eigenvalue weighted by atomic mass is 10.1. The molecule has 0 saturated carbocycles. The number of hydrogen-bond donors (Lipinski definition) is 2. The van der Waals surface area contributed by atoms with Crippen molar-refractivity contribution in [3.8, 4) is 11.5 Å². The van der Waals surface area contributed by atoms with Crippen LogP contribution in [0.25, 0.3) is 17.0 Å². The second-order valence-electron chi connectivity index (χ2n) is 6.32. The lowest BCUT2D eigenvalue weighted by Gasteiger charge is -2.15. The molecule has 1 fully saturated rings. The van der Waals surface area contributed by atoms with Gasteiger partial charge in [-0.15, -0.1) is 0 Å². The van der Waals surface area contributed by atoms with Crippen LogP contribution in [0.4, 0.5) is 5.69 Å². The Labute approximate surface area is 180 Å². The fourth-order valence-electron chi connectivity index (χ4n) is 2.99. The number of thioether (sulfide) groups is 1. The fraction of sp³-hybridized carbons (Fsp3) is 0.0476. The Kier molecular flexibility index (Phi) is 5.15. The number of ether oxygens (including phenoxy) is 1. The van der Waals surface area contributed by atoms with E-state index in [-0.39, 0.29) is 15.8 Å². The predicted molar refractivity (Wildman–Crippen MR) is 119 cm³/mol. The first kappa shape index (κ1) is 19.9. The Morgan fingerprint density at radius 2 is 2.00 bits per heavy atom. The van der Waals surface area contributed by atoms with Crippen LogP contribution in [0.15, 0.2) is 53.4 Å². The van der Waals surface area contributed by atoms with Crippen molar-refractivity contribution in [3.63, 3.8) is 0 Å². The number of pyridine rings is 1. The van der Waals surface area contributed by atoms with Crippen molar-refractivity contribution < 1.29 is 24.5 Å². The average Bonchev–Trinajstić information content (AvgIpc) is 3.00. The molecular weight excluding hydrogens is 424 g/mol. The molecule has 2 heterocycles. The average molecular weight is 438 g/mol. The minimum atomic E-state index is -1.26. The number of thiocarbonyl (C=S) groups is 1. The van der Waals surface area contributed by atoms with E-state index in [2.05, 4.69) is 4.98 Å². The maximum atomic E-state index is 12.9. The molecule has 0 aliphatic carbocycles. The third-order valence-electron chi connectivity index (χ3n) is 4.46. The van der Waals surface area contributed by atoms with Crippen molar-refractivity contribution in [1.82, 2.24) is 4.98 Å². The molecule has 4 rings (SSSR count). The Morgan fingerprint density at radius 1 is 1.20 bits per heavy atom. The number of anilines is 1. The summed E-state index contributed by atoms with van der Waals surface area (Å²) in [5, 5.41) is 19.9. The van der Waals surface area contributed by atoms with Crippen molar-refractivity contribution in [3.05, 3.63) is 64.7 Å². The van der Waals surface area contributed by atoms with Gasteiger partial charge in [0.05, 0.1) is 28.9 Å². The van der Waals surface area contributed by atoms with Gasteiger partial charge in [-0.3, -0.25) is 9.69 Å². The Balaban J connectivity index is 1.65. The van der Waals surface area contributed by atoms with E-state index in [0.29, 0.717) is 16.3 Å². The highest BCUT2D eigenvalue weighted by Gasteiger charge is 2.34. The number of aromatic carboxylic acids is 1. The first-order chi connectivity index (χ1) is 14.4. The van der Waals surface area contributed by atoms with E-state index >= 15 is 0 Å². The fourth-order valence-corrected chi connectivity index (χ4v) is 4.28. The minimum absolute atomic E-state index is 0.253. The number of hydrogen-bond acceptors (Lipinski definition) is 7. The summed E-state index contributed by atoms with van der Waals surface area (Å²) in [5.41, 5.74) is 1.39. The molecule has 2 N–H and O–H groups in total. The van der Waals surface area contributed by atoms with Gasteiger partial charge in [0.2, 0.25) is 0 Å². The van der Waals surface area contributed by atoms with Gasteiger partial charge >= 0.3 is 5.97 Å².